The number of hydrogen-bond acceptors (Lipinski definition) is 3. The standard InChI is InChI=1S/C22H32N2O2.ClH/c1-23-22(25)26-21-9-5-8-17-18-13-15-24(20(18)11-10-19(17)21)14-12-16-6-3-2-4-7-16;/h5,8-9,16,18,20H,2-4,6-7,10-15H2,1H3,(H,23,25);1H/t18-,20+;/m0./s1. The van der Waals surface area contributed by atoms with Crippen LogP contribution in [-0.4, -0.2) is 37.2 Å². The Morgan fingerprint density at radius 3 is 2.78 bits per heavy atom. The number of carbonyl (C=O) groups is 1. The highest BCUT2D eigenvalue weighted by atomic mass is 35.5. The molecule has 0 bridgehead atoms. The zero-order chi connectivity index (χ0) is 17.9. The number of fused-ring (bicyclic) bond motifs is 3. The average molecular weight is 393 g/mol. The summed E-state index contributed by atoms with van der Waals surface area (Å²) in [5.41, 5.74) is 2.68. The highest BCUT2D eigenvalue weighted by Crippen LogP contribution is 2.44. The van der Waals surface area contributed by atoms with E-state index in [9.17, 15) is 4.79 Å². The first kappa shape index (κ1) is 20.5. The highest BCUT2D eigenvalue weighted by Gasteiger charge is 2.39. The Balaban J connectivity index is 0.00000210. The van der Waals surface area contributed by atoms with Crippen LogP contribution in [-0.2, 0) is 6.42 Å². The maximum Gasteiger partial charge on any atom is 0.412 e. The number of ether oxygens (including phenoxy) is 1. The smallest absolute Gasteiger partial charge is 0.410 e. The molecule has 1 saturated carbocycles. The van der Waals surface area contributed by atoms with Crippen molar-refractivity contribution >= 4 is 18.5 Å². The third-order valence-electron chi connectivity index (χ3n) is 6.88. The molecule has 150 valence electrons. The molecule has 1 amide bonds. The SMILES string of the molecule is CNC(=O)Oc1cccc2c1CC[C@@H]1[C@H]2CCN1CCC1CCCCC1.Cl. The lowest BCUT2D eigenvalue weighted by atomic mass is 9.79. The summed E-state index contributed by atoms with van der Waals surface area (Å²) in [5.74, 6) is 2.32. The summed E-state index contributed by atoms with van der Waals surface area (Å²) in [6.45, 7) is 2.50. The number of carbonyl (C=O) groups excluding carboxylic acids is 1. The number of likely N-dealkylation sites (tertiary alicyclic amines) is 1. The minimum Gasteiger partial charge on any atom is -0.410 e. The van der Waals surface area contributed by atoms with Gasteiger partial charge in [-0.25, -0.2) is 4.79 Å². The Hall–Kier alpha value is -1.26. The van der Waals surface area contributed by atoms with Crippen molar-refractivity contribution in [2.75, 3.05) is 20.1 Å². The zero-order valence-corrected chi connectivity index (χ0v) is 17.2. The molecular formula is C22H33ClN2O2. The summed E-state index contributed by atoms with van der Waals surface area (Å²) < 4.78 is 5.50. The fourth-order valence-corrected chi connectivity index (χ4v) is 5.50. The van der Waals surface area contributed by atoms with Crippen LogP contribution in [0.4, 0.5) is 4.79 Å². The van der Waals surface area contributed by atoms with E-state index in [1.807, 2.05) is 12.1 Å². The molecule has 1 aromatic carbocycles. The van der Waals surface area contributed by atoms with Crippen molar-refractivity contribution in [3.63, 3.8) is 0 Å². The van der Waals surface area contributed by atoms with Crippen LogP contribution in [0.25, 0.3) is 0 Å². The highest BCUT2D eigenvalue weighted by molar-refractivity contribution is 5.85. The van der Waals surface area contributed by atoms with Crippen LogP contribution in [0.3, 0.4) is 0 Å². The summed E-state index contributed by atoms with van der Waals surface area (Å²) in [5, 5.41) is 2.55. The van der Waals surface area contributed by atoms with Gasteiger partial charge in [0.15, 0.2) is 0 Å². The number of rotatable bonds is 4. The Kier molecular flexibility index (Phi) is 7.04. The average Bonchev–Trinajstić information content (AvgIpc) is 3.11. The summed E-state index contributed by atoms with van der Waals surface area (Å²) in [7, 11) is 1.61. The molecular weight excluding hydrogens is 360 g/mol. The Morgan fingerprint density at radius 1 is 1.19 bits per heavy atom. The maximum absolute atomic E-state index is 11.6. The molecule has 3 aliphatic rings. The largest absolute Gasteiger partial charge is 0.412 e. The summed E-state index contributed by atoms with van der Waals surface area (Å²) in [6.07, 6.45) is 11.7. The molecule has 0 radical (unpaired) electrons. The number of nitrogens with zero attached hydrogens (tertiary/aromatic N) is 1. The molecule has 0 aromatic heterocycles. The normalized spacial score (nSPS) is 25.2. The van der Waals surface area contributed by atoms with E-state index in [0.717, 1.165) is 18.1 Å². The molecule has 1 saturated heterocycles. The van der Waals surface area contributed by atoms with Crippen LogP contribution in [0.2, 0.25) is 0 Å². The minimum atomic E-state index is -0.374. The van der Waals surface area contributed by atoms with Gasteiger partial charge in [-0.15, -0.1) is 12.4 Å². The van der Waals surface area contributed by atoms with Crippen LogP contribution in [0.5, 0.6) is 5.75 Å². The van der Waals surface area contributed by atoms with Crippen molar-refractivity contribution in [3.05, 3.63) is 29.3 Å². The molecule has 2 fully saturated rings. The lowest BCUT2D eigenvalue weighted by Crippen LogP contribution is -2.36. The monoisotopic (exact) mass is 392 g/mol. The molecule has 1 aliphatic heterocycles. The van der Waals surface area contributed by atoms with Gasteiger partial charge in [0.2, 0.25) is 0 Å². The van der Waals surface area contributed by atoms with Gasteiger partial charge in [-0.2, -0.15) is 0 Å². The molecule has 27 heavy (non-hydrogen) atoms. The van der Waals surface area contributed by atoms with E-state index in [1.165, 1.54) is 75.6 Å². The first-order chi connectivity index (χ1) is 12.8. The Labute approximate surface area is 169 Å². The van der Waals surface area contributed by atoms with Gasteiger partial charge in [-0.05, 0) is 61.9 Å². The second-order valence-corrected chi connectivity index (χ2v) is 8.29. The van der Waals surface area contributed by atoms with Gasteiger partial charge in [0.1, 0.15) is 5.75 Å². The van der Waals surface area contributed by atoms with Crippen LogP contribution >= 0.6 is 12.4 Å². The van der Waals surface area contributed by atoms with Crippen molar-refractivity contribution in [1.29, 1.82) is 0 Å². The van der Waals surface area contributed by atoms with Crippen LogP contribution in [0.15, 0.2) is 18.2 Å². The van der Waals surface area contributed by atoms with Gasteiger partial charge in [0, 0.05) is 19.0 Å². The number of halogens is 1. The van der Waals surface area contributed by atoms with Gasteiger partial charge in [0.25, 0.3) is 0 Å². The van der Waals surface area contributed by atoms with E-state index < -0.39 is 0 Å². The number of amides is 1. The van der Waals surface area contributed by atoms with E-state index >= 15 is 0 Å². The van der Waals surface area contributed by atoms with E-state index in [0.29, 0.717) is 12.0 Å². The summed E-state index contributed by atoms with van der Waals surface area (Å²) in [4.78, 5) is 14.4. The topological polar surface area (TPSA) is 41.6 Å². The van der Waals surface area contributed by atoms with E-state index in [-0.39, 0.29) is 18.5 Å². The zero-order valence-electron chi connectivity index (χ0n) is 16.4. The van der Waals surface area contributed by atoms with Gasteiger partial charge >= 0.3 is 6.09 Å². The Morgan fingerprint density at radius 2 is 2.00 bits per heavy atom. The van der Waals surface area contributed by atoms with E-state index in [1.54, 1.807) is 7.05 Å². The predicted molar refractivity (Wildman–Crippen MR) is 111 cm³/mol. The summed E-state index contributed by atoms with van der Waals surface area (Å²) in [6, 6.07) is 6.92. The number of nitrogens with one attached hydrogen (secondary N) is 1. The van der Waals surface area contributed by atoms with Gasteiger partial charge in [-0.1, -0.05) is 44.2 Å². The summed E-state index contributed by atoms with van der Waals surface area (Å²) >= 11 is 0. The second-order valence-electron chi connectivity index (χ2n) is 8.29. The van der Waals surface area contributed by atoms with Gasteiger partial charge in [0.05, 0.1) is 0 Å². The quantitative estimate of drug-likeness (QED) is 0.792. The molecule has 2 aliphatic carbocycles. The lowest BCUT2D eigenvalue weighted by molar-refractivity contribution is 0.195. The fourth-order valence-electron chi connectivity index (χ4n) is 5.50. The first-order valence-electron chi connectivity index (χ1n) is 10.5. The molecule has 4 nitrogen and oxygen atoms in total. The van der Waals surface area contributed by atoms with Crippen LogP contribution in [0, 0.1) is 5.92 Å². The Bertz CT molecular complexity index is 645. The van der Waals surface area contributed by atoms with Gasteiger partial charge in [-0.3, -0.25) is 4.90 Å². The molecule has 0 spiro atoms. The van der Waals surface area contributed by atoms with E-state index in [4.69, 9.17) is 4.74 Å². The van der Waals surface area contributed by atoms with Crippen molar-refractivity contribution in [2.24, 2.45) is 5.92 Å². The van der Waals surface area contributed by atoms with Crippen molar-refractivity contribution in [3.8, 4) is 5.75 Å². The first-order valence-corrected chi connectivity index (χ1v) is 10.5. The number of benzene rings is 1. The molecule has 1 N–H and O–H groups in total. The molecule has 1 heterocycles. The van der Waals surface area contributed by atoms with Crippen molar-refractivity contribution in [1.82, 2.24) is 10.2 Å². The second kappa shape index (κ2) is 9.29. The lowest BCUT2D eigenvalue weighted by Gasteiger charge is -2.35. The molecule has 1 aromatic rings. The molecule has 5 heteroatoms. The van der Waals surface area contributed by atoms with Crippen LogP contribution in [0.1, 0.15) is 68.4 Å². The fraction of sp³-hybridized carbons (Fsp3) is 0.682. The maximum atomic E-state index is 11.6. The van der Waals surface area contributed by atoms with Gasteiger partial charge < -0.3 is 10.1 Å². The third-order valence-corrected chi connectivity index (χ3v) is 6.88. The molecule has 0 unspecified atom stereocenters. The third kappa shape index (κ3) is 4.43. The van der Waals surface area contributed by atoms with Crippen LogP contribution < -0.4 is 10.1 Å². The van der Waals surface area contributed by atoms with Crippen molar-refractivity contribution in [2.45, 2.75) is 69.7 Å². The predicted octanol–water partition coefficient (Wildman–Crippen LogP) is 4.90. The molecule has 2 atom stereocenters. The molecule has 4 rings (SSSR count). The van der Waals surface area contributed by atoms with Crippen molar-refractivity contribution < 1.29 is 9.53 Å². The van der Waals surface area contributed by atoms with E-state index in [2.05, 4.69) is 16.3 Å². The number of hydrogen-bond donors (Lipinski definition) is 1. The minimum absolute atomic E-state index is 0.